The monoisotopic (exact) mass is 345 g/mol. The normalized spacial score (nSPS) is 21.5. The number of nitrogens with zero attached hydrogens (tertiary/aromatic N) is 1. The molecule has 1 aliphatic heterocycles. The molecule has 0 radical (unpaired) electrons. The molecule has 7 heteroatoms. The Kier molecular flexibility index (Phi) is 4.86. The Labute approximate surface area is 139 Å². The molecule has 1 heterocycles. The highest BCUT2D eigenvalue weighted by molar-refractivity contribution is 5.69. The number of amides is 1. The summed E-state index contributed by atoms with van der Waals surface area (Å²) in [7, 11) is 0. The standard InChI is InChI=1S/C17H22F3NO3/c1-15(2,3)24-14(22)21-11-7-10-13(21)16(23,17(18,19)20)12-8-5-4-6-9-12/h4-6,8-9,13,23H,7,10-11H2,1-3H3/t13-,16+/m0/s1. The molecule has 24 heavy (non-hydrogen) atoms. The van der Waals surface area contributed by atoms with Crippen molar-refractivity contribution in [3.8, 4) is 0 Å². The van der Waals surface area contributed by atoms with Gasteiger partial charge in [0.2, 0.25) is 5.60 Å². The first-order chi connectivity index (χ1) is 11.0. The molecule has 1 aromatic carbocycles. The summed E-state index contributed by atoms with van der Waals surface area (Å²) in [5, 5.41) is 10.7. The highest BCUT2D eigenvalue weighted by atomic mass is 19.4. The zero-order valence-corrected chi connectivity index (χ0v) is 13.9. The molecule has 1 aliphatic rings. The molecule has 0 spiro atoms. The fraction of sp³-hybridized carbons (Fsp3) is 0.588. The number of aliphatic hydroxyl groups is 1. The Balaban J connectivity index is 2.41. The molecule has 0 aromatic heterocycles. The summed E-state index contributed by atoms with van der Waals surface area (Å²) >= 11 is 0. The van der Waals surface area contributed by atoms with E-state index < -0.39 is 29.5 Å². The van der Waals surface area contributed by atoms with Crippen molar-refractivity contribution in [2.24, 2.45) is 0 Å². The smallest absolute Gasteiger partial charge is 0.423 e. The third-order valence-electron chi connectivity index (χ3n) is 4.01. The average Bonchev–Trinajstić information content (AvgIpc) is 2.94. The van der Waals surface area contributed by atoms with E-state index in [4.69, 9.17) is 4.74 Å². The van der Waals surface area contributed by atoms with Gasteiger partial charge in [0.1, 0.15) is 5.60 Å². The van der Waals surface area contributed by atoms with Crippen LogP contribution in [0.5, 0.6) is 0 Å². The topological polar surface area (TPSA) is 49.8 Å². The lowest BCUT2D eigenvalue weighted by molar-refractivity contribution is -0.283. The third kappa shape index (κ3) is 3.50. The minimum atomic E-state index is -4.93. The number of alkyl halides is 3. The molecule has 1 saturated heterocycles. The van der Waals surface area contributed by atoms with E-state index in [9.17, 15) is 23.1 Å². The summed E-state index contributed by atoms with van der Waals surface area (Å²) in [4.78, 5) is 13.3. The second-order valence-electron chi connectivity index (χ2n) is 6.96. The van der Waals surface area contributed by atoms with Crippen LogP contribution in [0, 0.1) is 0 Å². The van der Waals surface area contributed by atoms with Gasteiger partial charge in [0.15, 0.2) is 0 Å². The van der Waals surface area contributed by atoms with Gasteiger partial charge in [-0.05, 0) is 39.2 Å². The minimum Gasteiger partial charge on any atom is -0.444 e. The molecule has 1 fully saturated rings. The first-order valence-electron chi connectivity index (χ1n) is 7.81. The fourth-order valence-corrected chi connectivity index (χ4v) is 2.98. The van der Waals surface area contributed by atoms with Crippen molar-refractivity contribution in [3.05, 3.63) is 35.9 Å². The van der Waals surface area contributed by atoms with Crippen LogP contribution in [0.15, 0.2) is 30.3 Å². The van der Waals surface area contributed by atoms with Crippen LogP contribution in [0.25, 0.3) is 0 Å². The Bertz CT molecular complexity index is 583. The van der Waals surface area contributed by atoms with Crippen molar-refractivity contribution in [2.75, 3.05) is 6.54 Å². The maximum atomic E-state index is 13.8. The van der Waals surface area contributed by atoms with Crippen LogP contribution < -0.4 is 0 Å². The van der Waals surface area contributed by atoms with E-state index in [1.807, 2.05) is 0 Å². The van der Waals surface area contributed by atoms with Gasteiger partial charge in [0.05, 0.1) is 6.04 Å². The lowest BCUT2D eigenvalue weighted by Crippen LogP contribution is -2.58. The van der Waals surface area contributed by atoms with Gasteiger partial charge in [0.25, 0.3) is 0 Å². The molecule has 0 aliphatic carbocycles. The maximum Gasteiger partial charge on any atom is 0.423 e. The van der Waals surface area contributed by atoms with Crippen LogP contribution in [-0.2, 0) is 10.3 Å². The van der Waals surface area contributed by atoms with Gasteiger partial charge in [-0.25, -0.2) is 4.79 Å². The first-order valence-corrected chi connectivity index (χ1v) is 7.81. The molecule has 0 saturated carbocycles. The van der Waals surface area contributed by atoms with E-state index in [0.29, 0.717) is 6.42 Å². The number of ether oxygens (including phenoxy) is 1. The van der Waals surface area contributed by atoms with E-state index in [-0.39, 0.29) is 18.5 Å². The Hall–Kier alpha value is -1.76. The Morgan fingerprint density at radius 2 is 1.79 bits per heavy atom. The van der Waals surface area contributed by atoms with Crippen LogP contribution >= 0.6 is 0 Å². The predicted octanol–water partition coefficient (Wildman–Crippen LogP) is 3.84. The van der Waals surface area contributed by atoms with Gasteiger partial charge in [-0.2, -0.15) is 13.2 Å². The Morgan fingerprint density at radius 1 is 1.21 bits per heavy atom. The average molecular weight is 345 g/mol. The molecular weight excluding hydrogens is 323 g/mol. The van der Waals surface area contributed by atoms with E-state index in [2.05, 4.69) is 0 Å². The lowest BCUT2D eigenvalue weighted by Gasteiger charge is -2.40. The number of benzene rings is 1. The number of carbonyl (C=O) groups is 1. The van der Waals surface area contributed by atoms with Crippen LogP contribution in [-0.4, -0.2) is 40.5 Å². The lowest BCUT2D eigenvalue weighted by atomic mass is 9.84. The van der Waals surface area contributed by atoms with Crippen LogP contribution in [0.1, 0.15) is 39.2 Å². The first kappa shape index (κ1) is 18.6. The van der Waals surface area contributed by atoms with Crippen LogP contribution in [0.4, 0.5) is 18.0 Å². The van der Waals surface area contributed by atoms with Gasteiger partial charge in [0, 0.05) is 6.54 Å². The van der Waals surface area contributed by atoms with Crippen molar-refractivity contribution >= 4 is 6.09 Å². The van der Waals surface area contributed by atoms with Gasteiger partial charge >= 0.3 is 12.3 Å². The minimum absolute atomic E-state index is 0.0458. The number of rotatable bonds is 2. The SMILES string of the molecule is CC(C)(C)OC(=O)N1CCC[C@H]1[C@](O)(c1ccccc1)C(F)(F)F. The van der Waals surface area contributed by atoms with E-state index in [0.717, 1.165) is 4.90 Å². The second kappa shape index (κ2) is 6.27. The fourth-order valence-electron chi connectivity index (χ4n) is 2.98. The summed E-state index contributed by atoms with van der Waals surface area (Å²) in [6.45, 7) is 5.04. The van der Waals surface area contributed by atoms with Gasteiger partial charge in [-0.1, -0.05) is 30.3 Å². The molecule has 2 atom stereocenters. The molecule has 1 N–H and O–H groups in total. The van der Waals surface area contributed by atoms with Crippen LogP contribution in [0.3, 0.4) is 0 Å². The van der Waals surface area contributed by atoms with Gasteiger partial charge in [-0.3, -0.25) is 0 Å². The highest BCUT2D eigenvalue weighted by Crippen LogP contribution is 2.46. The van der Waals surface area contributed by atoms with Gasteiger partial charge in [-0.15, -0.1) is 0 Å². The van der Waals surface area contributed by atoms with Crippen molar-refractivity contribution in [3.63, 3.8) is 0 Å². The molecule has 2 rings (SSSR count). The largest absolute Gasteiger partial charge is 0.444 e. The summed E-state index contributed by atoms with van der Waals surface area (Å²) in [5.41, 5.74) is -4.24. The van der Waals surface area contributed by atoms with E-state index >= 15 is 0 Å². The maximum absolute atomic E-state index is 13.8. The predicted molar refractivity (Wildman–Crippen MR) is 82.4 cm³/mol. The van der Waals surface area contributed by atoms with Crippen molar-refractivity contribution in [1.29, 1.82) is 0 Å². The molecule has 134 valence electrons. The molecule has 0 bridgehead atoms. The Morgan fingerprint density at radius 3 is 2.29 bits per heavy atom. The van der Waals surface area contributed by atoms with Crippen LogP contribution in [0.2, 0.25) is 0 Å². The number of hydrogen-bond donors (Lipinski definition) is 1. The third-order valence-corrected chi connectivity index (χ3v) is 4.01. The quantitative estimate of drug-likeness (QED) is 0.886. The number of hydrogen-bond acceptors (Lipinski definition) is 3. The summed E-state index contributed by atoms with van der Waals surface area (Å²) in [5.74, 6) is 0. The summed E-state index contributed by atoms with van der Waals surface area (Å²) in [6.07, 6.45) is -5.35. The molecule has 1 amide bonds. The van der Waals surface area contributed by atoms with E-state index in [1.54, 1.807) is 26.8 Å². The van der Waals surface area contributed by atoms with Crippen molar-refractivity contribution in [1.82, 2.24) is 4.90 Å². The van der Waals surface area contributed by atoms with Crippen molar-refractivity contribution < 1.29 is 27.8 Å². The number of likely N-dealkylation sites (tertiary alicyclic amines) is 1. The summed E-state index contributed by atoms with van der Waals surface area (Å²) < 4.78 is 46.6. The second-order valence-corrected chi connectivity index (χ2v) is 6.96. The summed E-state index contributed by atoms with van der Waals surface area (Å²) in [6, 6.07) is 5.45. The highest BCUT2D eigenvalue weighted by Gasteiger charge is 2.62. The zero-order chi connectivity index (χ0) is 18.2. The molecule has 4 nitrogen and oxygen atoms in total. The van der Waals surface area contributed by atoms with Crippen molar-refractivity contribution in [2.45, 2.75) is 57.0 Å². The zero-order valence-electron chi connectivity index (χ0n) is 13.9. The molecule has 0 unspecified atom stereocenters. The van der Waals surface area contributed by atoms with E-state index in [1.165, 1.54) is 24.3 Å². The van der Waals surface area contributed by atoms with Gasteiger partial charge < -0.3 is 14.7 Å². The molecular formula is C17H22F3NO3. The number of carbonyl (C=O) groups excluding carboxylic acids is 1. The molecule has 1 aromatic rings. The number of halogens is 3.